The SMILES string of the molecule is CC(=O)OCC(OC(C)=O)C(OC(C)=O)C(OC(C)=O)C(OC(C)=O)C(=O)OC1CCC2C3CCC4=CC(=O)CCC4(C)C3CCC12C. The fourth-order valence-corrected chi connectivity index (χ4v) is 8.99. The Balaban J connectivity index is 1.62. The zero-order valence-corrected chi connectivity index (χ0v) is 28.9. The quantitative estimate of drug-likeness (QED) is 0.229. The Hall–Kier alpha value is -3.77. The van der Waals surface area contributed by atoms with Gasteiger partial charge >= 0.3 is 35.8 Å². The number of rotatable bonds is 11. The maximum absolute atomic E-state index is 14.1. The average molecular weight is 677 g/mol. The van der Waals surface area contributed by atoms with E-state index in [2.05, 4.69) is 13.8 Å². The number of hydrogen-bond donors (Lipinski definition) is 0. The summed E-state index contributed by atoms with van der Waals surface area (Å²) >= 11 is 0. The van der Waals surface area contributed by atoms with E-state index in [1.807, 2.05) is 6.08 Å². The topological polar surface area (TPSA) is 175 Å². The highest BCUT2D eigenvalue weighted by Crippen LogP contribution is 2.65. The van der Waals surface area contributed by atoms with Crippen LogP contribution in [0.3, 0.4) is 0 Å². The Morgan fingerprint density at radius 2 is 1.35 bits per heavy atom. The second-order valence-corrected chi connectivity index (χ2v) is 14.1. The molecule has 0 saturated heterocycles. The predicted molar refractivity (Wildman–Crippen MR) is 165 cm³/mol. The summed E-state index contributed by atoms with van der Waals surface area (Å²) < 4.78 is 32.7. The van der Waals surface area contributed by atoms with E-state index < -0.39 is 72.9 Å². The second-order valence-electron chi connectivity index (χ2n) is 14.1. The highest BCUT2D eigenvalue weighted by atomic mass is 16.7. The fraction of sp³-hybridized carbons (Fsp3) is 0.743. The summed E-state index contributed by atoms with van der Waals surface area (Å²) in [6.07, 6.45) is 0.574. The molecule has 0 aromatic rings. The van der Waals surface area contributed by atoms with Crippen LogP contribution in [-0.2, 0) is 62.0 Å². The van der Waals surface area contributed by atoms with Gasteiger partial charge < -0.3 is 28.4 Å². The molecular weight excluding hydrogens is 628 g/mol. The van der Waals surface area contributed by atoms with Gasteiger partial charge in [0.2, 0.25) is 6.10 Å². The third-order valence-corrected chi connectivity index (χ3v) is 11.0. The lowest BCUT2D eigenvalue weighted by molar-refractivity contribution is -0.211. The molecule has 10 atom stereocenters. The maximum atomic E-state index is 14.1. The first-order valence-electron chi connectivity index (χ1n) is 16.7. The minimum atomic E-state index is -1.92. The Morgan fingerprint density at radius 1 is 0.729 bits per heavy atom. The molecule has 266 valence electrons. The van der Waals surface area contributed by atoms with Gasteiger partial charge in [0.05, 0.1) is 0 Å². The van der Waals surface area contributed by atoms with Gasteiger partial charge in [0.15, 0.2) is 24.1 Å². The minimum Gasteiger partial charge on any atom is -0.462 e. The van der Waals surface area contributed by atoms with Gasteiger partial charge in [0.25, 0.3) is 0 Å². The molecule has 4 aliphatic rings. The van der Waals surface area contributed by atoms with E-state index in [0.717, 1.165) is 73.1 Å². The molecule has 13 nitrogen and oxygen atoms in total. The number of fused-ring (bicyclic) bond motifs is 5. The van der Waals surface area contributed by atoms with Crippen molar-refractivity contribution in [3.63, 3.8) is 0 Å². The highest BCUT2D eigenvalue weighted by Gasteiger charge is 2.60. The number of carbonyl (C=O) groups is 7. The number of carbonyl (C=O) groups excluding carboxylic acids is 7. The largest absolute Gasteiger partial charge is 0.462 e. The van der Waals surface area contributed by atoms with E-state index in [0.29, 0.717) is 24.7 Å². The van der Waals surface area contributed by atoms with E-state index in [-0.39, 0.29) is 22.5 Å². The van der Waals surface area contributed by atoms with Gasteiger partial charge in [-0.3, -0.25) is 28.8 Å². The zero-order chi connectivity index (χ0) is 35.6. The van der Waals surface area contributed by atoms with E-state index >= 15 is 0 Å². The molecule has 3 saturated carbocycles. The van der Waals surface area contributed by atoms with Crippen molar-refractivity contribution >= 4 is 41.6 Å². The fourth-order valence-electron chi connectivity index (χ4n) is 8.99. The molecule has 13 heteroatoms. The van der Waals surface area contributed by atoms with Crippen LogP contribution in [0.25, 0.3) is 0 Å². The van der Waals surface area contributed by atoms with Gasteiger partial charge in [-0.1, -0.05) is 19.4 Å². The third-order valence-electron chi connectivity index (χ3n) is 11.0. The molecule has 0 aromatic carbocycles. The molecule has 0 bridgehead atoms. The summed E-state index contributed by atoms with van der Waals surface area (Å²) in [6, 6.07) is 0. The molecule has 4 rings (SSSR count). The number of hydrogen-bond acceptors (Lipinski definition) is 13. The lowest BCUT2D eigenvalue weighted by Crippen LogP contribution is -2.56. The molecule has 3 fully saturated rings. The van der Waals surface area contributed by atoms with Gasteiger partial charge in [0, 0.05) is 46.5 Å². The molecule has 48 heavy (non-hydrogen) atoms. The van der Waals surface area contributed by atoms with Crippen molar-refractivity contribution in [2.24, 2.45) is 28.6 Å². The first-order valence-corrected chi connectivity index (χ1v) is 16.7. The Bertz CT molecular complexity index is 1350. The molecule has 0 heterocycles. The average Bonchev–Trinajstić information content (AvgIpc) is 3.31. The first kappa shape index (κ1) is 37.1. The van der Waals surface area contributed by atoms with Crippen LogP contribution in [0.4, 0.5) is 0 Å². The smallest absolute Gasteiger partial charge is 0.351 e. The first-order chi connectivity index (χ1) is 22.5. The van der Waals surface area contributed by atoms with Crippen LogP contribution >= 0.6 is 0 Å². The molecule has 0 amide bonds. The minimum absolute atomic E-state index is 0.0269. The zero-order valence-electron chi connectivity index (χ0n) is 28.9. The number of esters is 6. The third kappa shape index (κ3) is 7.92. The lowest BCUT2D eigenvalue weighted by atomic mass is 9.47. The second kappa shape index (κ2) is 14.8. The number of allylic oxidation sites excluding steroid dienone is 1. The summed E-state index contributed by atoms with van der Waals surface area (Å²) in [5.74, 6) is -4.11. The molecule has 0 N–H and O–H groups in total. The predicted octanol–water partition coefficient (Wildman–Crippen LogP) is 3.72. The molecule has 0 spiro atoms. The Morgan fingerprint density at radius 3 is 1.96 bits per heavy atom. The molecule has 0 aromatic heterocycles. The summed E-state index contributed by atoms with van der Waals surface area (Å²) in [4.78, 5) is 86.9. The van der Waals surface area contributed by atoms with Gasteiger partial charge in [-0.2, -0.15) is 0 Å². The monoisotopic (exact) mass is 676 g/mol. The maximum Gasteiger partial charge on any atom is 0.351 e. The van der Waals surface area contributed by atoms with Gasteiger partial charge in [-0.05, 0) is 74.2 Å². The van der Waals surface area contributed by atoms with Crippen LogP contribution in [0, 0.1) is 28.6 Å². The normalized spacial score (nSPS) is 31.6. The summed E-state index contributed by atoms with van der Waals surface area (Å²) in [7, 11) is 0. The van der Waals surface area contributed by atoms with Crippen LogP contribution in [0.1, 0.15) is 99.8 Å². The number of ether oxygens (including phenoxy) is 6. The van der Waals surface area contributed by atoms with E-state index in [9.17, 15) is 33.6 Å². The van der Waals surface area contributed by atoms with Crippen molar-refractivity contribution in [3.8, 4) is 0 Å². The van der Waals surface area contributed by atoms with Crippen LogP contribution in [0.15, 0.2) is 11.6 Å². The standard InChI is InChI=1S/C35H48O13/c1-18(36)43-17-28(44-19(2)37)30(45-20(3)38)31(46-21(4)39)32(47-22(5)40)33(42)48-29-11-10-26-25-9-8-23-16-24(41)12-14-34(23,6)27(25)13-15-35(26,29)7/h16,25-32H,8-15,17H2,1-7H3. The van der Waals surface area contributed by atoms with Gasteiger partial charge in [-0.15, -0.1) is 0 Å². The van der Waals surface area contributed by atoms with Crippen LogP contribution < -0.4 is 0 Å². The van der Waals surface area contributed by atoms with Crippen molar-refractivity contribution in [2.45, 2.75) is 130 Å². The van der Waals surface area contributed by atoms with Gasteiger partial charge in [-0.25, -0.2) is 4.79 Å². The van der Waals surface area contributed by atoms with Crippen molar-refractivity contribution in [2.75, 3.05) is 6.61 Å². The molecule has 10 unspecified atom stereocenters. The van der Waals surface area contributed by atoms with Crippen molar-refractivity contribution in [3.05, 3.63) is 11.6 Å². The molecular formula is C35H48O13. The Kier molecular flexibility index (Phi) is 11.4. The molecule has 4 aliphatic carbocycles. The highest BCUT2D eigenvalue weighted by molar-refractivity contribution is 5.91. The van der Waals surface area contributed by atoms with Crippen molar-refractivity contribution in [1.29, 1.82) is 0 Å². The summed E-state index contributed by atoms with van der Waals surface area (Å²) in [5.41, 5.74) is 0.843. The molecule has 0 aliphatic heterocycles. The van der Waals surface area contributed by atoms with Crippen molar-refractivity contribution < 1.29 is 62.0 Å². The summed E-state index contributed by atoms with van der Waals surface area (Å²) in [5, 5.41) is 0. The van der Waals surface area contributed by atoms with E-state index in [4.69, 9.17) is 28.4 Å². The lowest BCUT2D eigenvalue weighted by Gasteiger charge is -2.57. The molecule has 0 radical (unpaired) electrons. The van der Waals surface area contributed by atoms with Gasteiger partial charge in [0.1, 0.15) is 12.7 Å². The number of ketones is 1. The summed E-state index contributed by atoms with van der Waals surface area (Å²) in [6.45, 7) is 9.09. The Labute approximate surface area is 280 Å². The van der Waals surface area contributed by atoms with Crippen LogP contribution in [0.5, 0.6) is 0 Å². The van der Waals surface area contributed by atoms with E-state index in [1.54, 1.807) is 0 Å². The van der Waals surface area contributed by atoms with Crippen molar-refractivity contribution in [1.82, 2.24) is 0 Å². The van der Waals surface area contributed by atoms with E-state index in [1.165, 1.54) is 5.57 Å². The van der Waals surface area contributed by atoms with Crippen LogP contribution in [0.2, 0.25) is 0 Å². The van der Waals surface area contributed by atoms with Crippen LogP contribution in [-0.4, -0.2) is 78.7 Å².